The largest absolute Gasteiger partial charge is 0.458 e. The van der Waals surface area contributed by atoms with Crippen molar-refractivity contribution in [1.29, 1.82) is 0 Å². The maximum atomic E-state index is 10.5. The SMILES string of the molecule is Cc1ccc2oc(C(O)c3cc4c(s3)CCC4)cc2c1. The Morgan fingerprint density at radius 2 is 2.10 bits per heavy atom. The standard InChI is InChI=1S/C17H16O2S/c1-10-5-6-13-12(7-10)8-14(19-13)17(18)16-9-11-3-2-4-15(11)20-16/h5-9,17-18H,2-4H2,1H3. The topological polar surface area (TPSA) is 33.4 Å². The third kappa shape index (κ3) is 1.89. The second kappa shape index (κ2) is 4.47. The van der Waals surface area contributed by atoms with Gasteiger partial charge in [-0.15, -0.1) is 11.3 Å². The maximum Gasteiger partial charge on any atom is 0.146 e. The van der Waals surface area contributed by atoms with E-state index in [-0.39, 0.29) is 0 Å². The molecule has 0 radical (unpaired) electrons. The van der Waals surface area contributed by atoms with Crippen LogP contribution in [0.15, 0.2) is 34.7 Å². The van der Waals surface area contributed by atoms with Crippen molar-refractivity contribution in [2.45, 2.75) is 32.3 Å². The molecular formula is C17H16O2S. The van der Waals surface area contributed by atoms with E-state index >= 15 is 0 Å². The summed E-state index contributed by atoms with van der Waals surface area (Å²) in [6.07, 6.45) is 2.92. The fourth-order valence-electron chi connectivity index (χ4n) is 2.95. The second-order valence-corrected chi connectivity index (χ2v) is 6.71. The number of aliphatic hydroxyl groups is 1. The van der Waals surface area contributed by atoms with Gasteiger partial charge in [0.25, 0.3) is 0 Å². The van der Waals surface area contributed by atoms with Gasteiger partial charge in [-0.3, -0.25) is 0 Å². The molecule has 1 aromatic carbocycles. The van der Waals surface area contributed by atoms with Crippen LogP contribution in [0.3, 0.4) is 0 Å². The first-order chi connectivity index (χ1) is 9.70. The molecular weight excluding hydrogens is 268 g/mol. The van der Waals surface area contributed by atoms with Crippen LogP contribution in [0.2, 0.25) is 0 Å². The third-order valence-corrected chi connectivity index (χ3v) is 5.29. The van der Waals surface area contributed by atoms with Gasteiger partial charge < -0.3 is 9.52 Å². The van der Waals surface area contributed by atoms with Gasteiger partial charge in [0, 0.05) is 15.1 Å². The van der Waals surface area contributed by atoms with Crippen molar-refractivity contribution in [3.8, 4) is 0 Å². The Balaban J connectivity index is 1.73. The fourth-order valence-corrected chi connectivity index (χ4v) is 4.20. The summed E-state index contributed by atoms with van der Waals surface area (Å²) in [5, 5.41) is 11.6. The van der Waals surface area contributed by atoms with Crippen molar-refractivity contribution in [2.75, 3.05) is 0 Å². The van der Waals surface area contributed by atoms with Gasteiger partial charge in [-0.05, 0) is 56.0 Å². The van der Waals surface area contributed by atoms with Crippen LogP contribution in [-0.2, 0) is 12.8 Å². The van der Waals surface area contributed by atoms with Crippen molar-refractivity contribution < 1.29 is 9.52 Å². The van der Waals surface area contributed by atoms with Gasteiger partial charge in [0.1, 0.15) is 17.4 Å². The zero-order chi connectivity index (χ0) is 13.7. The van der Waals surface area contributed by atoms with Crippen LogP contribution in [0.4, 0.5) is 0 Å². The number of hydrogen-bond acceptors (Lipinski definition) is 3. The summed E-state index contributed by atoms with van der Waals surface area (Å²) >= 11 is 1.73. The summed E-state index contributed by atoms with van der Waals surface area (Å²) < 4.78 is 5.80. The molecule has 1 N–H and O–H groups in total. The van der Waals surface area contributed by atoms with Crippen LogP contribution in [0.5, 0.6) is 0 Å². The number of aryl methyl sites for hydroxylation is 3. The monoisotopic (exact) mass is 284 g/mol. The molecule has 1 atom stereocenters. The molecule has 0 aliphatic heterocycles. The number of rotatable bonds is 2. The molecule has 1 aliphatic rings. The van der Waals surface area contributed by atoms with Gasteiger partial charge in [-0.2, -0.15) is 0 Å². The van der Waals surface area contributed by atoms with E-state index < -0.39 is 6.10 Å². The Morgan fingerprint density at radius 1 is 1.20 bits per heavy atom. The Kier molecular flexibility index (Phi) is 2.72. The summed E-state index contributed by atoms with van der Waals surface area (Å²) in [5.41, 5.74) is 3.46. The Labute approximate surface area is 121 Å². The first-order valence-electron chi connectivity index (χ1n) is 7.00. The van der Waals surface area contributed by atoms with E-state index in [0.29, 0.717) is 5.76 Å². The molecule has 0 spiro atoms. The minimum Gasteiger partial charge on any atom is -0.458 e. The predicted octanol–water partition coefficient (Wildman–Crippen LogP) is 4.37. The smallest absolute Gasteiger partial charge is 0.146 e. The summed E-state index contributed by atoms with van der Waals surface area (Å²) in [6.45, 7) is 2.06. The average Bonchev–Trinajstić information content (AvgIpc) is 3.10. The molecule has 4 rings (SSSR count). The van der Waals surface area contributed by atoms with Gasteiger partial charge >= 0.3 is 0 Å². The van der Waals surface area contributed by atoms with Crippen molar-refractivity contribution in [2.24, 2.45) is 0 Å². The normalized spacial score (nSPS) is 15.7. The summed E-state index contributed by atoms with van der Waals surface area (Å²) in [7, 11) is 0. The highest BCUT2D eigenvalue weighted by Crippen LogP contribution is 2.37. The molecule has 1 unspecified atom stereocenters. The molecule has 0 saturated carbocycles. The average molecular weight is 284 g/mol. The molecule has 2 aromatic heterocycles. The molecule has 2 heterocycles. The summed E-state index contributed by atoms with van der Waals surface area (Å²) in [5.74, 6) is 0.644. The highest BCUT2D eigenvalue weighted by atomic mass is 32.1. The van der Waals surface area contributed by atoms with Gasteiger partial charge in [0.05, 0.1) is 0 Å². The van der Waals surface area contributed by atoms with E-state index in [2.05, 4.69) is 19.1 Å². The van der Waals surface area contributed by atoms with E-state index in [1.807, 2.05) is 18.2 Å². The molecule has 0 fully saturated rings. The molecule has 102 valence electrons. The summed E-state index contributed by atoms with van der Waals surface area (Å²) in [6, 6.07) is 10.2. The van der Waals surface area contributed by atoms with Gasteiger partial charge in [-0.1, -0.05) is 11.6 Å². The number of furan rings is 1. The minimum absolute atomic E-state index is 0.640. The molecule has 2 nitrogen and oxygen atoms in total. The molecule has 20 heavy (non-hydrogen) atoms. The third-order valence-electron chi connectivity index (χ3n) is 4.00. The highest BCUT2D eigenvalue weighted by Gasteiger charge is 2.22. The lowest BCUT2D eigenvalue weighted by Gasteiger charge is -2.04. The number of benzene rings is 1. The number of aliphatic hydroxyl groups excluding tert-OH is 1. The lowest BCUT2D eigenvalue weighted by molar-refractivity contribution is 0.196. The number of thiophene rings is 1. The van der Waals surface area contributed by atoms with Gasteiger partial charge in [0.15, 0.2) is 0 Å². The van der Waals surface area contributed by atoms with Crippen molar-refractivity contribution in [3.05, 3.63) is 57.0 Å². The zero-order valence-corrected chi connectivity index (χ0v) is 12.2. The van der Waals surface area contributed by atoms with Crippen LogP contribution in [0.1, 0.15) is 39.2 Å². The Bertz CT molecular complexity index is 760. The van der Waals surface area contributed by atoms with Crippen LogP contribution >= 0.6 is 11.3 Å². The van der Waals surface area contributed by atoms with Crippen LogP contribution in [0.25, 0.3) is 11.0 Å². The van der Waals surface area contributed by atoms with Crippen LogP contribution in [0, 0.1) is 6.92 Å². The molecule has 3 aromatic rings. The molecule has 0 bridgehead atoms. The molecule has 3 heteroatoms. The Hall–Kier alpha value is -1.58. The lowest BCUT2D eigenvalue weighted by atomic mass is 10.1. The number of hydrogen-bond donors (Lipinski definition) is 1. The van der Waals surface area contributed by atoms with E-state index in [1.165, 1.54) is 22.4 Å². The van der Waals surface area contributed by atoms with Gasteiger partial charge in [-0.25, -0.2) is 0 Å². The first kappa shape index (κ1) is 12.2. The van der Waals surface area contributed by atoms with Gasteiger partial charge in [0.2, 0.25) is 0 Å². The first-order valence-corrected chi connectivity index (χ1v) is 7.82. The van der Waals surface area contributed by atoms with Crippen LogP contribution < -0.4 is 0 Å². The quantitative estimate of drug-likeness (QED) is 0.758. The predicted molar refractivity (Wildman–Crippen MR) is 81.4 cm³/mol. The van der Waals surface area contributed by atoms with E-state index in [0.717, 1.165) is 28.7 Å². The maximum absolute atomic E-state index is 10.5. The summed E-state index contributed by atoms with van der Waals surface area (Å²) in [4.78, 5) is 2.44. The molecule has 0 saturated heterocycles. The Morgan fingerprint density at radius 3 is 2.95 bits per heavy atom. The lowest BCUT2D eigenvalue weighted by Crippen LogP contribution is -1.94. The fraction of sp³-hybridized carbons (Fsp3) is 0.294. The second-order valence-electron chi connectivity index (χ2n) is 5.54. The van der Waals surface area contributed by atoms with E-state index in [1.54, 1.807) is 11.3 Å². The van der Waals surface area contributed by atoms with Crippen molar-refractivity contribution >= 4 is 22.3 Å². The molecule has 1 aliphatic carbocycles. The van der Waals surface area contributed by atoms with E-state index in [4.69, 9.17) is 4.42 Å². The van der Waals surface area contributed by atoms with E-state index in [9.17, 15) is 5.11 Å². The zero-order valence-electron chi connectivity index (χ0n) is 11.3. The number of fused-ring (bicyclic) bond motifs is 2. The minimum atomic E-state index is -0.640. The van der Waals surface area contributed by atoms with Crippen molar-refractivity contribution in [3.63, 3.8) is 0 Å². The van der Waals surface area contributed by atoms with Crippen molar-refractivity contribution in [1.82, 2.24) is 0 Å². The highest BCUT2D eigenvalue weighted by molar-refractivity contribution is 7.12. The molecule has 0 amide bonds. The van der Waals surface area contributed by atoms with Crippen LogP contribution in [-0.4, -0.2) is 5.11 Å².